The van der Waals surface area contributed by atoms with E-state index in [4.69, 9.17) is 0 Å². The van der Waals surface area contributed by atoms with Gasteiger partial charge in [0.15, 0.2) is 11.6 Å². The van der Waals surface area contributed by atoms with Crippen LogP contribution in [0.2, 0.25) is 0 Å². The van der Waals surface area contributed by atoms with Crippen molar-refractivity contribution >= 4 is 17.3 Å². The molecule has 0 aromatic heterocycles. The Kier molecular flexibility index (Phi) is 3.79. The Labute approximate surface area is 127 Å². The van der Waals surface area contributed by atoms with Crippen molar-refractivity contribution in [2.24, 2.45) is 0 Å². The van der Waals surface area contributed by atoms with Crippen molar-refractivity contribution in [1.82, 2.24) is 0 Å². The minimum atomic E-state index is -1.03. The zero-order valence-electron chi connectivity index (χ0n) is 12.2. The molecule has 0 saturated carbocycles. The molecule has 3 rings (SSSR count). The lowest BCUT2D eigenvalue weighted by atomic mass is 10.1. The molecule has 1 amide bonds. The Morgan fingerprint density at radius 3 is 2.73 bits per heavy atom. The maximum absolute atomic E-state index is 13.2. The van der Waals surface area contributed by atoms with Crippen LogP contribution in [0.4, 0.5) is 20.2 Å². The van der Waals surface area contributed by atoms with Crippen LogP contribution in [0.5, 0.6) is 0 Å². The Balaban J connectivity index is 1.81. The maximum atomic E-state index is 13.2. The van der Waals surface area contributed by atoms with Gasteiger partial charge in [0.25, 0.3) is 5.91 Å². The van der Waals surface area contributed by atoms with E-state index >= 15 is 0 Å². The fourth-order valence-corrected chi connectivity index (χ4v) is 2.69. The van der Waals surface area contributed by atoms with Gasteiger partial charge in [-0.3, -0.25) is 4.79 Å². The number of anilines is 2. The molecule has 1 aliphatic rings. The predicted octanol–water partition coefficient (Wildman–Crippen LogP) is 3.60. The summed E-state index contributed by atoms with van der Waals surface area (Å²) in [6, 6.07) is 8.85. The van der Waals surface area contributed by atoms with E-state index < -0.39 is 17.5 Å². The molecule has 114 valence electrons. The van der Waals surface area contributed by atoms with Gasteiger partial charge in [-0.15, -0.1) is 0 Å². The highest BCUT2D eigenvalue weighted by atomic mass is 19.2. The number of nitrogens with zero attached hydrogens (tertiary/aromatic N) is 1. The van der Waals surface area contributed by atoms with E-state index in [0.717, 1.165) is 37.3 Å². The number of carbonyl (C=O) groups excluding carboxylic acids is 1. The highest BCUT2D eigenvalue weighted by Crippen LogP contribution is 2.30. The topological polar surface area (TPSA) is 32.3 Å². The molecule has 0 radical (unpaired) electrons. The third-order valence-electron chi connectivity index (χ3n) is 3.90. The summed E-state index contributed by atoms with van der Waals surface area (Å²) >= 11 is 0. The number of halogens is 2. The number of fused-ring (bicyclic) bond motifs is 1. The number of likely N-dealkylation sites (N-methyl/N-ethyl adjacent to an activating group) is 1. The Bertz CT molecular complexity index is 731. The molecule has 1 aliphatic heterocycles. The quantitative estimate of drug-likeness (QED) is 0.939. The summed E-state index contributed by atoms with van der Waals surface area (Å²) in [6.45, 7) is 3.97. The van der Waals surface area contributed by atoms with E-state index in [1.165, 1.54) is 11.6 Å². The van der Waals surface area contributed by atoms with Crippen LogP contribution in [0.15, 0.2) is 36.4 Å². The number of rotatable bonds is 3. The van der Waals surface area contributed by atoms with Crippen molar-refractivity contribution in [3.05, 3.63) is 59.2 Å². The van der Waals surface area contributed by atoms with Gasteiger partial charge in [-0.05, 0) is 49.2 Å². The summed E-state index contributed by atoms with van der Waals surface area (Å²) in [4.78, 5) is 14.4. The number of amides is 1. The first-order chi connectivity index (χ1) is 10.6. The van der Waals surface area contributed by atoms with Crippen LogP contribution >= 0.6 is 0 Å². The van der Waals surface area contributed by atoms with Crippen LogP contribution in [0, 0.1) is 11.6 Å². The second kappa shape index (κ2) is 5.75. The number of benzene rings is 2. The first-order valence-corrected chi connectivity index (χ1v) is 7.22. The van der Waals surface area contributed by atoms with Crippen LogP contribution in [-0.4, -0.2) is 19.0 Å². The normalized spacial score (nSPS) is 13.1. The number of hydrogen-bond acceptors (Lipinski definition) is 2. The molecule has 3 nitrogen and oxygen atoms in total. The molecular formula is C17H16F2N2O. The van der Waals surface area contributed by atoms with Crippen molar-refractivity contribution in [2.45, 2.75) is 13.3 Å². The minimum absolute atomic E-state index is 0.0896. The van der Waals surface area contributed by atoms with Crippen LogP contribution < -0.4 is 10.2 Å². The molecule has 2 aromatic rings. The van der Waals surface area contributed by atoms with E-state index in [1.807, 2.05) is 18.2 Å². The molecule has 0 aliphatic carbocycles. The highest BCUT2D eigenvalue weighted by Gasteiger charge is 2.18. The summed E-state index contributed by atoms with van der Waals surface area (Å²) in [5.74, 6) is -2.45. The lowest BCUT2D eigenvalue weighted by molar-refractivity contribution is 0.102. The lowest BCUT2D eigenvalue weighted by Crippen LogP contribution is -2.19. The van der Waals surface area contributed by atoms with Gasteiger partial charge >= 0.3 is 0 Å². The van der Waals surface area contributed by atoms with Gasteiger partial charge in [0.2, 0.25) is 0 Å². The van der Waals surface area contributed by atoms with E-state index in [0.29, 0.717) is 5.69 Å². The summed E-state index contributed by atoms with van der Waals surface area (Å²) < 4.78 is 26.1. The molecule has 2 aromatic carbocycles. The lowest BCUT2D eigenvalue weighted by Gasteiger charge is -2.17. The van der Waals surface area contributed by atoms with Gasteiger partial charge in [-0.25, -0.2) is 8.78 Å². The van der Waals surface area contributed by atoms with E-state index in [1.54, 1.807) is 0 Å². The average Bonchev–Trinajstić information content (AvgIpc) is 2.92. The first-order valence-electron chi connectivity index (χ1n) is 7.22. The Morgan fingerprint density at radius 2 is 2.00 bits per heavy atom. The van der Waals surface area contributed by atoms with Crippen molar-refractivity contribution in [1.29, 1.82) is 0 Å². The third kappa shape index (κ3) is 2.66. The van der Waals surface area contributed by atoms with Crippen molar-refractivity contribution < 1.29 is 13.6 Å². The second-order valence-corrected chi connectivity index (χ2v) is 5.26. The predicted molar refractivity (Wildman–Crippen MR) is 82.3 cm³/mol. The maximum Gasteiger partial charge on any atom is 0.255 e. The third-order valence-corrected chi connectivity index (χ3v) is 3.90. The van der Waals surface area contributed by atoms with Gasteiger partial charge < -0.3 is 10.2 Å². The van der Waals surface area contributed by atoms with Crippen LogP contribution in [0.3, 0.4) is 0 Å². The highest BCUT2D eigenvalue weighted by molar-refractivity contribution is 6.04. The zero-order valence-corrected chi connectivity index (χ0v) is 12.2. The van der Waals surface area contributed by atoms with Gasteiger partial charge in [0, 0.05) is 30.0 Å². The van der Waals surface area contributed by atoms with E-state index in [9.17, 15) is 13.6 Å². The monoisotopic (exact) mass is 302 g/mol. The van der Waals surface area contributed by atoms with Gasteiger partial charge in [-0.2, -0.15) is 0 Å². The average molecular weight is 302 g/mol. The van der Waals surface area contributed by atoms with Crippen molar-refractivity contribution in [2.75, 3.05) is 23.3 Å². The molecule has 1 heterocycles. The Hall–Kier alpha value is -2.43. The molecule has 0 atom stereocenters. The number of carbonyl (C=O) groups is 1. The number of nitrogens with one attached hydrogen (secondary N) is 1. The van der Waals surface area contributed by atoms with Crippen molar-refractivity contribution in [3.63, 3.8) is 0 Å². The molecular weight excluding hydrogens is 286 g/mol. The van der Waals surface area contributed by atoms with E-state index in [2.05, 4.69) is 17.1 Å². The van der Waals surface area contributed by atoms with Gasteiger partial charge in [0.05, 0.1) is 0 Å². The largest absolute Gasteiger partial charge is 0.371 e. The SMILES string of the molecule is CCN1CCc2ccc(NC(=O)c3ccc(F)c(F)c3)cc21. The fraction of sp³-hybridized carbons (Fsp3) is 0.235. The molecule has 5 heteroatoms. The van der Waals surface area contributed by atoms with Crippen LogP contribution in [-0.2, 0) is 6.42 Å². The summed E-state index contributed by atoms with van der Waals surface area (Å²) in [6.07, 6.45) is 1.00. The fourth-order valence-electron chi connectivity index (χ4n) is 2.69. The zero-order chi connectivity index (χ0) is 15.7. The summed E-state index contributed by atoms with van der Waals surface area (Å²) in [5.41, 5.74) is 3.11. The second-order valence-electron chi connectivity index (χ2n) is 5.26. The van der Waals surface area contributed by atoms with Crippen LogP contribution in [0.1, 0.15) is 22.8 Å². The van der Waals surface area contributed by atoms with Gasteiger partial charge in [0.1, 0.15) is 0 Å². The Morgan fingerprint density at radius 1 is 1.18 bits per heavy atom. The van der Waals surface area contributed by atoms with E-state index in [-0.39, 0.29) is 5.56 Å². The molecule has 1 N–H and O–H groups in total. The van der Waals surface area contributed by atoms with Crippen LogP contribution in [0.25, 0.3) is 0 Å². The molecule has 0 bridgehead atoms. The minimum Gasteiger partial charge on any atom is -0.371 e. The molecule has 0 unspecified atom stereocenters. The standard InChI is InChI=1S/C17H16F2N2O/c1-2-21-8-7-11-3-5-13(10-16(11)21)20-17(22)12-4-6-14(18)15(19)9-12/h3-6,9-10H,2,7-8H2,1H3,(H,20,22). The van der Waals surface area contributed by atoms with Crippen molar-refractivity contribution in [3.8, 4) is 0 Å². The summed E-state index contributed by atoms with van der Waals surface area (Å²) in [7, 11) is 0. The smallest absolute Gasteiger partial charge is 0.255 e. The molecule has 0 saturated heterocycles. The first kappa shape index (κ1) is 14.5. The molecule has 0 fully saturated rings. The number of hydrogen-bond donors (Lipinski definition) is 1. The van der Waals surface area contributed by atoms with Gasteiger partial charge in [-0.1, -0.05) is 6.07 Å². The molecule has 22 heavy (non-hydrogen) atoms. The summed E-state index contributed by atoms with van der Waals surface area (Å²) in [5, 5.41) is 2.72. The molecule has 0 spiro atoms.